The van der Waals surface area contributed by atoms with Crippen LogP contribution in [0.4, 0.5) is 4.79 Å². The second kappa shape index (κ2) is 10.6. The minimum atomic E-state index is -0.915. The highest BCUT2D eigenvalue weighted by atomic mass is 79.9. The maximum Gasteiger partial charge on any atom is 0.413 e. The Morgan fingerprint density at radius 1 is 1.00 bits per heavy atom. The van der Waals surface area contributed by atoms with E-state index in [1.54, 1.807) is 24.3 Å². The predicted molar refractivity (Wildman–Crippen MR) is 124 cm³/mol. The van der Waals surface area contributed by atoms with Crippen molar-refractivity contribution >= 4 is 33.6 Å². The normalized spacial score (nSPS) is 19.4. The second-order valence-corrected chi connectivity index (χ2v) is 9.11. The van der Waals surface area contributed by atoms with E-state index in [9.17, 15) is 14.4 Å². The van der Waals surface area contributed by atoms with Gasteiger partial charge >= 0.3 is 6.09 Å². The van der Waals surface area contributed by atoms with Crippen LogP contribution in [0.15, 0.2) is 59.1 Å². The van der Waals surface area contributed by atoms with Crippen LogP contribution in [0.1, 0.15) is 41.6 Å². The summed E-state index contributed by atoms with van der Waals surface area (Å²) in [5.74, 6) is -0.325. The first-order valence-electron chi connectivity index (χ1n) is 11.0. The minimum Gasteiger partial charge on any atom is -0.444 e. The molecule has 2 aromatic rings. The van der Waals surface area contributed by atoms with Crippen LogP contribution >= 0.6 is 15.9 Å². The number of carbonyl (C=O) groups excluding carboxylic acids is 3. The molecule has 0 aromatic heterocycles. The molecule has 8 heteroatoms. The highest BCUT2D eigenvalue weighted by Gasteiger charge is 2.53. The van der Waals surface area contributed by atoms with Crippen molar-refractivity contribution in [2.24, 2.45) is 0 Å². The van der Waals surface area contributed by atoms with Gasteiger partial charge in [0.2, 0.25) is 0 Å². The van der Waals surface area contributed by atoms with Crippen LogP contribution in [0, 0.1) is 0 Å². The summed E-state index contributed by atoms with van der Waals surface area (Å²) in [6, 6.07) is 15.6. The molecule has 1 spiro atoms. The van der Waals surface area contributed by atoms with E-state index >= 15 is 0 Å². The molecule has 0 unspecified atom stereocenters. The Labute approximate surface area is 201 Å². The summed E-state index contributed by atoms with van der Waals surface area (Å²) in [5, 5.41) is 0. The van der Waals surface area contributed by atoms with Gasteiger partial charge in [-0.2, -0.15) is 0 Å². The molecule has 2 aromatic carbocycles. The number of rotatable bonds is 7. The molecule has 0 N–H and O–H groups in total. The first kappa shape index (κ1) is 23.6. The third-order valence-corrected chi connectivity index (χ3v) is 6.60. The molecule has 33 heavy (non-hydrogen) atoms. The van der Waals surface area contributed by atoms with Crippen molar-refractivity contribution in [3.63, 3.8) is 0 Å². The Bertz CT molecular complexity index is 988. The third kappa shape index (κ3) is 5.51. The molecule has 1 atom stereocenters. The third-order valence-electron chi connectivity index (χ3n) is 6.07. The van der Waals surface area contributed by atoms with Gasteiger partial charge in [0.25, 0.3) is 0 Å². The van der Waals surface area contributed by atoms with Gasteiger partial charge in [-0.05, 0) is 17.7 Å². The largest absolute Gasteiger partial charge is 0.444 e. The summed E-state index contributed by atoms with van der Waals surface area (Å²) in [5.41, 5.74) is 0.492. The van der Waals surface area contributed by atoms with Gasteiger partial charge < -0.3 is 14.2 Å². The molecule has 1 amide bonds. The smallest absolute Gasteiger partial charge is 0.413 e. The summed E-state index contributed by atoms with van der Waals surface area (Å²) in [7, 11) is 0. The molecule has 0 aliphatic carbocycles. The molecule has 0 saturated carbocycles. The number of halogens is 1. The van der Waals surface area contributed by atoms with Crippen LogP contribution < -0.4 is 0 Å². The van der Waals surface area contributed by atoms with Crippen molar-refractivity contribution < 1.29 is 28.6 Å². The van der Waals surface area contributed by atoms with Gasteiger partial charge in [0, 0.05) is 35.7 Å². The molecule has 2 saturated heterocycles. The maximum absolute atomic E-state index is 13.2. The predicted octanol–water partition coefficient (Wildman–Crippen LogP) is 4.53. The zero-order valence-electron chi connectivity index (χ0n) is 18.2. The fourth-order valence-electron chi connectivity index (χ4n) is 4.24. The van der Waals surface area contributed by atoms with E-state index in [2.05, 4.69) is 15.9 Å². The number of hydrogen-bond acceptors (Lipinski definition) is 6. The van der Waals surface area contributed by atoms with Gasteiger partial charge in [-0.15, -0.1) is 0 Å². The van der Waals surface area contributed by atoms with Crippen LogP contribution in [0.2, 0.25) is 0 Å². The number of nitrogens with zero attached hydrogens (tertiary/aromatic N) is 1. The average molecular weight is 516 g/mol. The zero-order chi connectivity index (χ0) is 23.3. The van der Waals surface area contributed by atoms with Gasteiger partial charge in [0.1, 0.15) is 12.6 Å². The molecule has 2 aliphatic heterocycles. The molecule has 2 heterocycles. The lowest BCUT2D eigenvalue weighted by molar-refractivity contribution is -0.141. The van der Waals surface area contributed by atoms with E-state index in [-0.39, 0.29) is 37.6 Å². The first-order valence-corrected chi connectivity index (χ1v) is 11.8. The zero-order valence-corrected chi connectivity index (χ0v) is 19.8. The number of benzene rings is 2. The van der Waals surface area contributed by atoms with Gasteiger partial charge in [0.05, 0.1) is 19.8 Å². The molecule has 0 radical (unpaired) electrons. The number of hydrogen-bond donors (Lipinski definition) is 0. The fourth-order valence-corrected chi connectivity index (χ4v) is 4.50. The minimum absolute atomic E-state index is 0.0258. The Kier molecular flexibility index (Phi) is 7.57. The highest BCUT2D eigenvalue weighted by molar-refractivity contribution is 9.10. The number of Topliss-reactive ketones (excluding diaryl/α,β-unsaturated/α-hetero) is 2. The topological polar surface area (TPSA) is 82.1 Å². The van der Waals surface area contributed by atoms with Crippen molar-refractivity contribution in [1.82, 2.24) is 4.90 Å². The van der Waals surface area contributed by atoms with E-state index in [0.29, 0.717) is 31.6 Å². The lowest BCUT2D eigenvalue weighted by atomic mass is 9.99. The Morgan fingerprint density at radius 2 is 1.70 bits per heavy atom. The van der Waals surface area contributed by atoms with Crippen LogP contribution in [-0.2, 0) is 25.6 Å². The van der Waals surface area contributed by atoms with Crippen LogP contribution in [0.3, 0.4) is 0 Å². The first-order chi connectivity index (χ1) is 16.0. The molecule has 7 nitrogen and oxygen atoms in total. The number of ketones is 2. The lowest BCUT2D eigenvalue weighted by Crippen LogP contribution is -2.56. The Hall–Kier alpha value is -2.55. The van der Waals surface area contributed by atoms with E-state index in [1.807, 2.05) is 30.3 Å². The summed E-state index contributed by atoms with van der Waals surface area (Å²) >= 11 is 3.35. The van der Waals surface area contributed by atoms with Gasteiger partial charge in [-0.25, -0.2) is 4.79 Å². The van der Waals surface area contributed by atoms with Crippen molar-refractivity contribution in [2.75, 3.05) is 19.8 Å². The van der Waals surface area contributed by atoms with Crippen LogP contribution in [0.25, 0.3) is 0 Å². The number of amides is 1. The van der Waals surface area contributed by atoms with Gasteiger partial charge in [-0.1, -0.05) is 58.4 Å². The van der Waals surface area contributed by atoms with Crippen molar-refractivity contribution in [1.29, 1.82) is 0 Å². The van der Waals surface area contributed by atoms with Gasteiger partial charge in [-0.3, -0.25) is 14.5 Å². The van der Waals surface area contributed by atoms with E-state index < -0.39 is 17.9 Å². The van der Waals surface area contributed by atoms with Crippen LogP contribution in [-0.4, -0.2) is 54.1 Å². The Balaban J connectivity index is 1.44. The lowest BCUT2D eigenvalue weighted by Gasteiger charge is -2.40. The van der Waals surface area contributed by atoms with Crippen LogP contribution in [0.5, 0.6) is 0 Å². The van der Waals surface area contributed by atoms with E-state index in [4.69, 9.17) is 14.2 Å². The molecular weight excluding hydrogens is 490 g/mol. The number of carbonyl (C=O) groups is 3. The Morgan fingerprint density at radius 3 is 2.39 bits per heavy atom. The van der Waals surface area contributed by atoms with Crippen molar-refractivity contribution in [3.05, 3.63) is 70.2 Å². The SMILES string of the molecule is O=C(CCC(=O)[C@@H]1COC2(CCOCC2)N1C(=O)OCc1ccccc1)c1ccc(Br)cc1. The van der Waals surface area contributed by atoms with Crippen molar-refractivity contribution in [3.8, 4) is 0 Å². The summed E-state index contributed by atoms with van der Waals surface area (Å²) in [6.07, 6.45) is 0.443. The summed E-state index contributed by atoms with van der Waals surface area (Å²) in [6.45, 7) is 1.06. The summed E-state index contributed by atoms with van der Waals surface area (Å²) in [4.78, 5) is 40.3. The summed E-state index contributed by atoms with van der Waals surface area (Å²) < 4.78 is 17.9. The average Bonchev–Trinajstić information content (AvgIpc) is 3.20. The molecule has 2 aliphatic rings. The molecule has 4 rings (SSSR count). The van der Waals surface area contributed by atoms with Gasteiger partial charge in [0.15, 0.2) is 17.3 Å². The van der Waals surface area contributed by atoms with E-state index in [0.717, 1.165) is 10.0 Å². The molecular formula is C25H26BrNO6. The maximum atomic E-state index is 13.2. The standard InChI is InChI=1S/C25H26BrNO6/c26-20-8-6-19(7-9-20)22(28)10-11-23(29)21-17-33-25(12-14-31-15-13-25)27(21)24(30)32-16-18-4-2-1-3-5-18/h1-9,21H,10-17H2/t21-/m0/s1. The fraction of sp³-hybridized carbons (Fsp3) is 0.400. The second-order valence-electron chi connectivity index (χ2n) is 8.19. The highest BCUT2D eigenvalue weighted by Crippen LogP contribution is 2.38. The quantitative estimate of drug-likeness (QED) is 0.504. The monoisotopic (exact) mass is 515 g/mol. The van der Waals surface area contributed by atoms with E-state index in [1.165, 1.54) is 4.90 Å². The van der Waals surface area contributed by atoms with Crippen molar-refractivity contribution in [2.45, 2.75) is 44.1 Å². The number of ether oxygens (including phenoxy) is 3. The molecule has 174 valence electrons. The molecule has 2 fully saturated rings. The molecule has 0 bridgehead atoms.